The standard InChI is InChI=1S/C67H114O6/c1-4-7-10-13-15-17-19-21-23-25-27-29-30-31-32-33-34-35-36-38-39-41-43-45-47-49-51-54-57-60-66(69)72-63-64(62-71-65(68)59-56-53-12-9-6-3)73-67(70)61-58-55-52-50-48-46-44-42-40-37-28-26-24-22-20-18-16-14-11-8-5-2/h8,11,16,18-19,21-22,24-25,27-28,37,42,44,48,50,64H,4-7,9-10,12-15,17,20,23,26,29-36,38-41,43,45-47,49,51-63H2,1-3H3/b11-8-,18-16-,21-19-,24-22-,27-25-,37-28-,44-42-,50-48-. The van der Waals surface area contributed by atoms with Crippen LogP contribution in [-0.2, 0) is 28.6 Å². The van der Waals surface area contributed by atoms with Gasteiger partial charge in [-0.1, -0.05) is 266 Å². The molecule has 0 radical (unpaired) electrons. The highest BCUT2D eigenvalue weighted by atomic mass is 16.6. The SMILES string of the molecule is CC/C=C\C/C=C\C/C=C\C/C=C\C/C=C\C/C=C\CCCCC(=O)OC(COC(=O)CCCCCCC)COC(=O)CCCCCCCCCCCCCCCCCCC/C=C\C/C=C\CCCCCCC. The lowest BCUT2D eigenvalue weighted by Gasteiger charge is -2.18. The van der Waals surface area contributed by atoms with E-state index in [0.29, 0.717) is 19.3 Å². The second-order valence-corrected chi connectivity index (χ2v) is 20.2. The minimum Gasteiger partial charge on any atom is -0.462 e. The molecule has 0 saturated heterocycles. The number of esters is 3. The van der Waals surface area contributed by atoms with Gasteiger partial charge in [0.15, 0.2) is 6.10 Å². The molecular formula is C67H114O6. The lowest BCUT2D eigenvalue weighted by atomic mass is 10.0. The first kappa shape index (κ1) is 69.3. The van der Waals surface area contributed by atoms with Gasteiger partial charge in [0.1, 0.15) is 13.2 Å². The molecule has 0 heterocycles. The zero-order valence-electron chi connectivity index (χ0n) is 47.9. The summed E-state index contributed by atoms with van der Waals surface area (Å²) in [6.07, 6.45) is 81.8. The van der Waals surface area contributed by atoms with E-state index in [-0.39, 0.29) is 37.5 Å². The first-order valence-corrected chi connectivity index (χ1v) is 30.7. The highest BCUT2D eigenvalue weighted by Gasteiger charge is 2.19. The Hall–Kier alpha value is -3.67. The Morgan fingerprint density at radius 3 is 0.863 bits per heavy atom. The van der Waals surface area contributed by atoms with Gasteiger partial charge in [0.05, 0.1) is 0 Å². The molecule has 6 heteroatoms. The molecule has 0 spiro atoms. The smallest absolute Gasteiger partial charge is 0.306 e. The van der Waals surface area contributed by atoms with Gasteiger partial charge >= 0.3 is 17.9 Å². The minimum absolute atomic E-state index is 0.0941. The molecule has 0 aromatic heterocycles. The van der Waals surface area contributed by atoms with Crippen LogP contribution in [0.3, 0.4) is 0 Å². The Morgan fingerprint density at radius 1 is 0.288 bits per heavy atom. The van der Waals surface area contributed by atoms with Crippen LogP contribution in [0.1, 0.15) is 290 Å². The maximum Gasteiger partial charge on any atom is 0.306 e. The van der Waals surface area contributed by atoms with Gasteiger partial charge in [-0.25, -0.2) is 0 Å². The van der Waals surface area contributed by atoms with Gasteiger partial charge in [0.25, 0.3) is 0 Å². The van der Waals surface area contributed by atoms with Crippen molar-refractivity contribution in [2.24, 2.45) is 0 Å². The summed E-state index contributed by atoms with van der Waals surface area (Å²) >= 11 is 0. The molecule has 0 amide bonds. The van der Waals surface area contributed by atoms with Crippen LogP contribution in [0.4, 0.5) is 0 Å². The Bertz CT molecular complexity index is 1440. The van der Waals surface area contributed by atoms with E-state index < -0.39 is 6.10 Å². The molecule has 0 aliphatic heterocycles. The molecule has 0 rings (SSSR count). The first-order valence-electron chi connectivity index (χ1n) is 30.7. The second-order valence-electron chi connectivity index (χ2n) is 20.2. The number of unbranched alkanes of at least 4 members (excludes halogenated alkanes) is 28. The summed E-state index contributed by atoms with van der Waals surface area (Å²) in [5.41, 5.74) is 0. The lowest BCUT2D eigenvalue weighted by Crippen LogP contribution is -2.30. The van der Waals surface area contributed by atoms with Crippen molar-refractivity contribution in [3.8, 4) is 0 Å². The summed E-state index contributed by atoms with van der Waals surface area (Å²) in [5, 5.41) is 0. The summed E-state index contributed by atoms with van der Waals surface area (Å²) < 4.78 is 16.7. The van der Waals surface area contributed by atoms with Gasteiger partial charge in [0, 0.05) is 19.3 Å². The van der Waals surface area contributed by atoms with E-state index in [4.69, 9.17) is 14.2 Å². The topological polar surface area (TPSA) is 78.9 Å². The molecule has 1 atom stereocenters. The highest BCUT2D eigenvalue weighted by molar-refractivity contribution is 5.71. The van der Waals surface area contributed by atoms with E-state index in [2.05, 4.69) is 118 Å². The molecule has 0 N–H and O–H groups in total. The molecule has 0 aromatic carbocycles. The van der Waals surface area contributed by atoms with Crippen LogP contribution in [0.2, 0.25) is 0 Å². The van der Waals surface area contributed by atoms with Gasteiger partial charge < -0.3 is 14.2 Å². The summed E-state index contributed by atoms with van der Waals surface area (Å²) in [4.78, 5) is 37.8. The summed E-state index contributed by atoms with van der Waals surface area (Å²) in [6, 6.07) is 0. The van der Waals surface area contributed by atoms with Crippen molar-refractivity contribution < 1.29 is 28.6 Å². The van der Waals surface area contributed by atoms with Crippen molar-refractivity contribution in [3.63, 3.8) is 0 Å². The van der Waals surface area contributed by atoms with E-state index >= 15 is 0 Å². The average molecular weight is 1020 g/mol. The molecule has 0 bridgehead atoms. The van der Waals surface area contributed by atoms with E-state index in [1.165, 1.54) is 135 Å². The average Bonchev–Trinajstić information content (AvgIpc) is 3.39. The first-order chi connectivity index (χ1) is 36.0. The van der Waals surface area contributed by atoms with Gasteiger partial charge in [-0.2, -0.15) is 0 Å². The third-order valence-corrected chi connectivity index (χ3v) is 13.1. The van der Waals surface area contributed by atoms with Crippen LogP contribution in [0.5, 0.6) is 0 Å². The molecule has 0 saturated carbocycles. The van der Waals surface area contributed by atoms with Crippen molar-refractivity contribution in [2.75, 3.05) is 13.2 Å². The van der Waals surface area contributed by atoms with Crippen molar-refractivity contribution in [1.29, 1.82) is 0 Å². The largest absolute Gasteiger partial charge is 0.462 e. The Morgan fingerprint density at radius 2 is 0.534 bits per heavy atom. The number of hydrogen-bond acceptors (Lipinski definition) is 6. The summed E-state index contributed by atoms with van der Waals surface area (Å²) in [5.74, 6) is -0.947. The van der Waals surface area contributed by atoms with Crippen molar-refractivity contribution in [1.82, 2.24) is 0 Å². The van der Waals surface area contributed by atoms with Crippen LogP contribution >= 0.6 is 0 Å². The third kappa shape index (κ3) is 59.1. The molecular weight excluding hydrogens is 901 g/mol. The zero-order valence-corrected chi connectivity index (χ0v) is 47.9. The molecule has 73 heavy (non-hydrogen) atoms. The van der Waals surface area contributed by atoms with Gasteiger partial charge in [-0.15, -0.1) is 0 Å². The molecule has 0 aliphatic carbocycles. The molecule has 1 unspecified atom stereocenters. The van der Waals surface area contributed by atoms with Crippen LogP contribution in [0.15, 0.2) is 97.2 Å². The van der Waals surface area contributed by atoms with Crippen molar-refractivity contribution in [2.45, 2.75) is 297 Å². The number of hydrogen-bond donors (Lipinski definition) is 0. The molecule has 6 nitrogen and oxygen atoms in total. The predicted octanol–water partition coefficient (Wildman–Crippen LogP) is 20.9. The Balaban J connectivity index is 4.08. The minimum atomic E-state index is -0.797. The predicted molar refractivity (Wildman–Crippen MR) is 316 cm³/mol. The fraction of sp³-hybridized carbons (Fsp3) is 0.716. The number of rotatable bonds is 55. The second kappa shape index (κ2) is 60.9. The van der Waals surface area contributed by atoms with Crippen LogP contribution in [0, 0.1) is 0 Å². The van der Waals surface area contributed by atoms with Crippen molar-refractivity contribution in [3.05, 3.63) is 97.2 Å². The van der Waals surface area contributed by atoms with Gasteiger partial charge in [0.2, 0.25) is 0 Å². The van der Waals surface area contributed by atoms with E-state index in [1.807, 2.05) is 0 Å². The number of ether oxygens (including phenoxy) is 3. The lowest BCUT2D eigenvalue weighted by molar-refractivity contribution is -0.167. The zero-order chi connectivity index (χ0) is 52.9. The monoisotopic (exact) mass is 1010 g/mol. The van der Waals surface area contributed by atoms with Crippen LogP contribution in [-0.4, -0.2) is 37.2 Å². The number of allylic oxidation sites excluding steroid dienone is 16. The number of carbonyl (C=O) groups excluding carboxylic acids is 3. The van der Waals surface area contributed by atoms with Gasteiger partial charge in [-0.05, 0) is 103 Å². The van der Waals surface area contributed by atoms with Gasteiger partial charge in [-0.3, -0.25) is 14.4 Å². The molecule has 418 valence electrons. The number of carbonyl (C=O) groups is 3. The van der Waals surface area contributed by atoms with E-state index in [9.17, 15) is 14.4 Å². The van der Waals surface area contributed by atoms with E-state index in [0.717, 1.165) is 109 Å². The fourth-order valence-corrected chi connectivity index (χ4v) is 8.48. The summed E-state index contributed by atoms with van der Waals surface area (Å²) in [6.45, 7) is 6.41. The Kier molecular flexibility index (Phi) is 57.8. The maximum atomic E-state index is 12.8. The third-order valence-electron chi connectivity index (χ3n) is 13.1. The Labute approximate surface area is 451 Å². The fourth-order valence-electron chi connectivity index (χ4n) is 8.48. The normalized spacial score (nSPS) is 12.8. The van der Waals surface area contributed by atoms with Crippen molar-refractivity contribution >= 4 is 17.9 Å². The molecule has 0 fully saturated rings. The quantitative estimate of drug-likeness (QED) is 0.0261. The summed E-state index contributed by atoms with van der Waals surface area (Å²) in [7, 11) is 0. The van der Waals surface area contributed by atoms with Crippen LogP contribution in [0.25, 0.3) is 0 Å². The molecule has 0 aromatic rings. The van der Waals surface area contributed by atoms with Crippen LogP contribution < -0.4 is 0 Å². The maximum absolute atomic E-state index is 12.8. The molecule has 0 aliphatic rings. The highest BCUT2D eigenvalue weighted by Crippen LogP contribution is 2.16. The van der Waals surface area contributed by atoms with E-state index in [1.54, 1.807) is 0 Å².